The fourth-order valence-corrected chi connectivity index (χ4v) is 4.29. The quantitative estimate of drug-likeness (QED) is 0.464. The monoisotopic (exact) mass is 463 g/mol. The molecule has 0 bridgehead atoms. The normalized spacial score (nSPS) is 18.6. The standard InChI is InChI=1S/C27H29NO6/c1-17-12-24(29)22(27(30)31)15-28-9-8-18-13-26(33-11-5-10-32-2)21(14-20(17)18)23-16-34-25-7-4-3-6-19(23)25/h3,6,12-16,28H,4-5,7-11H2,1-2H3,(H,30,31)/b17-12+,22-15+. The van der Waals surface area contributed by atoms with E-state index < -0.39 is 11.8 Å². The van der Waals surface area contributed by atoms with E-state index in [1.54, 1.807) is 13.4 Å². The average molecular weight is 464 g/mol. The zero-order valence-electron chi connectivity index (χ0n) is 19.5. The van der Waals surface area contributed by atoms with Gasteiger partial charge in [0.1, 0.15) is 17.1 Å². The number of aliphatic carboxylic acids is 1. The summed E-state index contributed by atoms with van der Waals surface area (Å²) in [5, 5.41) is 12.4. The maximum absolute atomic E-state index is 12.6. The van der Waals surface area contributed by atoms with Gasteiger partial charge in [0, 0.05) is 56.0 Å². The molecule has 0 fully saturated rings. The molecule has 2 heterocycles. The number of carbonyl (C=O) groups is 2. The minimum atomic E-state index is -1.25. The maximum atomic E-state index is 12.6. The first kappa shape index (κ1) is 23.6. The van der Waals surface area contributed by atoms with Crippen LogP contribution in [0.15, 0.2) is 46.7 Å². The van der Waals surface area contributed by atoms with Crippen LogP contribution >= 0.6 is 0 Å². The van der Waals surface area contributed by atoms with Crippen molar-refractivity contribution >= 4 is 23.4 Å². The lowest BCUT2D eigenvalue weighted by Crippen LogP contribution is -2.19. The molecule has 0 unspecified atom stereocenters. The van der Waals surface area contributed by atoms with Crippen LogP contribution in [0, 0.1) is 0 Å². The van der Waals surface area contributed by atoms with Crippen molar-refractivity contribution in [2.45, 2.75) is 32.6 Å². The van der Waals surface area contributed by atoms with E-state index in [9.17, 15) is 14.7 Å². The predicted molar refractivity (Wildman–Crippen MR) is 130 cm³/mol. The Bertz CT molecular complexity index is 1180. The number of allylic oxidation sites excluding steroid dienone is 3. The fraction of sp³-hybridized carbons (Fsp3) is 0.333. The third kappa shape index (κ3) is 4.99. The smallest absolute Gasteiger partial charge is 0.341 e. The van der Waals surface area contributed by atoms with Crippen molar-refractivity contribution in [1.82, 2.24) is 5.32 Å². The zero-order chi connectivity index (χ0) is 24.1. The molecule has 0 radical (unpaired) electrons. The molecule has 7 nitrogen and oxygen atoms in total. The number of carboxylic acids is 1. The number of hydrogen-bond donors (Lipinski definition) is 2. The molecule has 0 saturated carbocycles. The van der Waals surface area contributed by atoms with Crippen LogP contribution in [0.4, 0.5) is 0 Å². The molecule has 2 N–H and O–H groups in total. The highest BCUT2D eigenvalue weighted by Crippen LogP contribution is 2.41. The topological polar surface area (TPSA) is 98.0 Å². The zero-order valence-corrected chi connectivity index (χ0v) is 19.5. The summed E-state index contributed by atoms with van der Waals surface area (Å²) in [6, 6.07) is 4.05. The second-order valence-corrected chi connectivity index (χ2v) is 8.39. The van der Waals surface area contributed by atoms with Crippen molar-refractivity contribution in [1.29, 1.82) is 0 Å². The molecule has 1 aromatic carbocycles. The number of ketones is 1. The lowest BCUT2D eigenvalue weighted by Gasteiger charge is -2.19. The fourth-order valence-electron chi connectivity index (χ4n) is 4.29. The molecule has 178 valence electrons. The number of fused-ring (bicyclic) bond motifs is 2. The van der Waals surface area contributed by atoms with E-state index in [-0.39, 0.29) is 5.57 Å². The molecule has 0 saturated heterocycles. The van der Waals surface area contributed by atoms with Gasteiger partial charge in [-0.25, -0.2) is 4.79 Å². The first-order valence-electron chi connectivity index (χ1n) is 11.5. The SMILES string of the molecule is COCCCOc1cc2c(cc1-c1coc3c1C=CCC3)/C(C)=C/C(=O)/C(C(=O)O)=C\NCC2. The van der Waals surface area contributed by atoms with Crippen LogP contribution in [0.25, 0.3) is 22.8 Å². The molecule has 1 aliphatic carbocycles. The molecule has 0 amide bonds. The van der Waals surface area contributed by atoms with E-state index in [0.29, 0.717) is 31.8 Å². The van der Waals surface area contributed by atoms with Crippen molar-refractivity contribution in [3.63, 3.8) is 0 Å². The summed E-state index contributed by atoms with van der Waals surface area (Å²) in [4.78, 5) is 24.2. The second-order valence-electron chi connectivity index (χ2n) is 8.39. The number of carboxylic acid groups (broad SMARTS) is 1. The number of ether oxygens (including phenoxy) is 2. The Kier molecular flexibility index (Phi) is 7.33. The Morgan fingerprint density at radius 2 is 2.03 bits per heavy atom. The Morgan fingerprint density at radius 3 is 2.82 bits per heavy atom. The molecule has 2 aromatic rings. The summed E-state index contributed by atoms with van der Waals surface area (Å²) in [7, 11) is 1.67. The molecule has 4 rings (SSSR count). The Labute approximate surface area is 198 Å². The third-order valence-electron chi connectivity index (χ3n) is 6.03. The molecule has 0 spiro atoms. The summed E-state index contributed by atoms with van der Waals surface area (Å²) in [6.07, 6.45) is 11.8. The van der Waals surface area contributed by atoms with Crippen molar-refractivity contribution in [3.05, 3.63) is 64.8 Å². The van der Waals surface area contributed by atoms with Gasteiger partial charge in [-0.05, 0) is 54.7 Å². The van der Waals surface area contributed by atoms with Gasteiger partial charge in [0.25, 0.3) is 0 Å². The van der Waals surface area contributed by atoms with Gasteiger partial charge >= 0.3 is 5.97 Å². The van der Waals surface area contributed by atoms with E-state index in [2.05, 4.69) is 17.5 Å². The minimum Gasteiger partial charge on any atom is -0.493 e. The molecule has 7 heteroatoms. The summed E-state index contributed by atoms with van der Waals surface area (Å²) in [6.45, 7) is 3.43. The van der Waals surface area contributed by atoms with E-state index in [4.69, 9.17) is 13.9 Å². The lowest BCUT2D eigenvalue weighted by molar-refractivity contribution is -0.134. The number of aryl methyl sites for hydroxylation is 1. The largest absolute Gasteiger partial charge is 0.493 e. The van der Waals surface area contributed by atoms with Gasteiger partial charge in [0.2, 0.25) is 0 Å². The van der Waals surface area contributed by atoms with E-state index in [1.165, 1.54) is 12.3 Å². The van der Waals surface area contributed by atoms with Gasteiger partial charge in [0.15, 0.2) is 5.78 Å². The number of benzene rings is 1. The highest BCUT2D eigenvalue weighted by molar-refractivity contribution is 6.22. The lowest BCUT2D eigenvalue weighted by atomic mass is 9.90. The van der Waals surface area contributed by atoms with Gasteiger partial charge in [-0.15, -0.1) is 0 Å². The van der Waals surface area contributed by atoms with Crippen LogP contribution in [-0.2, 0) is 27.2 Å². The van der Waals surface area contributed by atoms with Crippen molar-refractivity contribution in [2.75, 3.05) is 26.9 Å². The van der Waals surface area contributed by atoms with E-state index >= 15 is 0 Å². The van der Waals surface area contributed by atoms with Crippen LogP contribution in [-0.4, -0.2) is 43.7 Å². The molecule has 1 aliphatic heterocycles. The Hall–Kier alpha value is -3.58. The Morgan fingerprint density at radius 1 is 1.18 bits per heavy atom. The average Bonchev–Trinajstić information content (AvgIpc) is 3.25. The highest BCUT2D eigenvalue weighted by atomic mass is 16.5. The molecule has 1 aromatic heterocycles. The maximum Gasteiger partial charge on any atom is 0.341 e. The summed E-state index contributed by atoms with van der Waals surface area (Å²) in [5.74, 6) is -0.101. The first-order chi connectivity index (χ1) is 16.5. The number of rotatable bonds is 7. The number of nitrogens with one attached hydrogen (secondary N) is 1. The van der Waals surface area contributed by atoms with E-state index in [1.807, 2.05) is 19.1 Å². The van der Waals surface area contributed by atoms with Crippen LogP contribution in [0.5, 0.6) is 5.75 Å². The number of carbonyl (C=O) groups excluding carboxylic acids is 1. The van der Waals surface area contributed by atoms with Gasteiger partial charge in [-0.3, -0.25) is 4.79 Å². The Balaban J connectivity index is 1.82. The molecule has 34 heavy (non-hydrogen) atoms. The predicted octanol–water partition coefficient (Wildman–Crippen LogP) is 4.41. The van der Waals surface area contributed by atoms with Crippen LogP contribution in [0.1, 0.15) is 42.2 Å². The highest BCUT2D eigenvalue weighted by Gasteiger charge is 2.22. The number of methoxy groups -OCH3 is 1. The van der Waals surface area contributed by atoms with Crippen LogP contribution < -0.4 is 10.1 Å². The molecule has 2 aliphatic rings. The molecular formula is C27H29NO6. The third-order valence-corrected chi connectivity index (χ3v) is 6.03. The summed E-state index contributed by atoms with van der Waals surface area (Å²) >= 11 is 0. The van der Waals surface area contributed by atoms with Gasteiger partial charge in [-0.1, -0.05) is 12.2 Å². The number of furan rings is 1. The van der Waals surface area contributed by atoms with Crippen LogP contribution in [0.3, 0.4) is 0 Å². The minimum absolute atomic E-state index is 0.282. The van der Waals surface area contributed by atoms with E-state index in [0.717, 1.165) is 58.6 Å². The van der Waals surface area contributed by atoms with Crippen molar-refractivity contribution < 1.29 is 28.6 Å². The van der Waals surface area contributed by atoms with Crippen molar-refractivity contribution in [2.24, 2.45) is 0 Å². The van der Waals surface area contributed by atoms with Gasteiger partial charge in [0.05, 0.1) is 12.9 Å². The van der Waals surface area contributed by atoms with Gasteiger partial charge < -0.3 is 24.3 Å². The van der Waals surface area contributed by atoms with Crippen LogP contribution in [0.2, 0.25) is 0 Å². The summed E-state index contributed by atoms with van der Waals surface area (Å²) in [5.41, 5.74) is 5.19. The summed E-state index contributed by atoms with van der Waals surface area (Å²) < 4.78 is 17.2. The van der Waals surface area contributed by atoms with Gasteiger partial charge in [-0.2, -0.15) is 0 Å². The first-order valence-corrected chi connectivity index (χ1v) is 11.5. The second kappa shape index (κ2) is 10.6. The number of hydrogen-bond acceptors (Lipinski definition) is 6. The van der Waals surface area contributed by atoms with Crippen molar-refractivity contribution in [3.8, 4) is 16.9 Å². The molecular weight excluding hydrogens is 434 g/mol. The molecule has 0 atom stereocenters.